The van der Waals surface area contributed by atoms with Gasteiger partial charge in [0.25, 0.3) is 0 Å². The fourth-order valence-corrected chi connectivity index (χ4v) is 2.06. The van der Waals surface area contributed by atoms with Gasteiger partial charge in [0.2, 0.25) is 0 Å². The lowest BCUT2D eigenvalue weighted by atomic mass is 9.99. The lowest BCUT2D eigenvalue weighted by Gasteiger charge is -2.14. The van der Waals surface area contributed by atoms with Crippen LogP contribution in [-0.2, 0) is 0 Å². The van der Waals surface area contributed by atoms with Crippen molar-refractivity contribution >= 4 is 22.4 Å². The Morgan fingerprint density at radius 2 is 1.65 bits per heavy atom. The van der Waals surface area contributed by atoms with Gasteiger partial charge in [-0.25, -0.2) is 0 Å². The van der Waals surface area contributed by atoms with E-state index >= 15 is 0 Å². The molecule has 90 valence electrons. The predicted molar refractivity (Wildman–Crippen MR) is 73.9 cm³/mol. The van der Waals surface area contributed by atoms with Gasteiger partial charge >= 0.3 is 0 Å². The normalized spacial score (nSPS) is 13.0. The molecule has 0 aliphatic carbocycles. The Balaban J connectivity index is 2.44. The van der Waals surface area contributed by atoms with Crippen LogP contribution in [0.25, 0.3) is 10.8 Å². The molecule has 0 saturated carbocycles. The minimum Gasteiger partial charge on any atom is -0.497 e. The highest BCUT2D eigenvalue weighted by Gasteiger charge is 2.12. The summed E-state index contributed by atoms with van der Waals surface area (Å²) in [4.78, 5) is 0. The fourth-order valence-electron chi connectivity index (χ4n) is 1.93. The Labute approximate surface area is 107 Å². The summed E-state index contributed by atoms with van der Waals surface area (Å²) in [7, 11) is 1.68. The summed E-state index contributed by atoms with van der Waals surface area (Å²) in [5, 5.41) is 2.46. The van der Waals surface area contributed by atoms with E-state index in [4.69, 9.17) is 16.3 Å². The molecule has 2 heteroatoms. The molecule has 0 N–H and O–H groups in total. The van der Waals surface area contributed by atoms with E-state index in [-0.39, 0.29) is 5.38 Å². The van der Waals surface area contributed by atoms with Crippen molar-refractivity contribution in [3.8, 4) is 5.75 Å². The molecule has 0 spiro atoms. The Morgan fingerprint density at radius 3 is 2.29 bits per heavy atom. The lowest BCUT2D eigenvalue weighted by Crippen LogP contribution is -1.98. The van der Waals surface area contributed by atoms with Gasteiger partial charge in [0.1, 0.15) is 5.75 Å². The summed E-state index contributed by atoms with van der Waals surface area (Å²) in [5.41, 5.74) is 1.18. The van der Waals surface area contributed by atoms with Gasteiger partial charge in [0, 0.05) is 0 Å². The van der Waals surface area contributed by atoms with Gasteiger partial charge in [0.15, 0.2) is 0 Å². The van der Waals surface area contributed by atoms with Crippen molar-refractivity contribution in [2.24, 2.45) is 5.92 Å². The van der Waals surface area contributed by atoms with E-state index in [0.29, 0.717) is 5.92 Å². The van der Waals surface area contributed by atoms with E-state index in [1.54, 1.807) is 7.11 Å². The van der Waals surface area contributed by atoms with E-state index in [1.807, 2.05) is 12.1 Å². The third-order valence-electron chi connectivity index (χ3n) is 2.98. The van der Waals surface area contributed by atoms with Gasteiger partial charge in [-0.15, -0.1) is 11.6 Å². The summed E-state index contributed by atoms with van der Waals surface area (Å²) < 4.78 is 5.21. The van der Waals surface area contributed by atoms with Crippen molar-refractivity contribution in [1.82, 2.24) is 0 Å². The van der Waals surface area contributed by atoms with Gasteiger partial charge < -0.3 is 4.74 Å². The molecule has 0 saturated heterocycles. The molecule has 0 fully saturated rings. The third kappa shape index (κ3) is 2.55. The number of halogens is 1. The number of fused-ring (bicyclic) bond motifs is 1. The van der Waals surface area contributed by atoms with Crippen molar-refractivity contribution in [3.63, 3.8) is 0 Å². The van der Waals surface area contributed by atoms with E-state index in [1.165, 1.54) is 16.3 Å². The van der Waals surface area contributed by atoms with Crippen LogP contribution in [0, 0.1) is 5.92 Å². The molecule has 2 aromatic carbocycles. The maximum absolute atomic E-state index is 6.38. The molecule has 2 rings (SSSR count). The highest BCUT2D eigenvalue weighted by molar-refractivity contribution is 6.21. The first-order valence-corrected chi connectivity index (χ1v) is 6.27. The second kappa shape index (κ2) is 4.97. The molecule has 0 heterocycles. The number of methoxy groups -OCH3 is 1. The van der Waals surface area contributed by atoms with E-state index < -0.39 is 0 Å². The van der Waals surface area contributed by atoms with Gasteiger partial charge in [-0.2, -0.15) is 0 Å². The summed E-state index contributed by atoms with van der Waals surface area (Å²) in [6.07, 6.45) is 0. The monoisotopic (exact) mass is 248 g/mol. The van der Waals surface area contributed by atoms with Crippen molar-refractivity contribution in [3.05, 3.63) is 42.0 Å². The topological polar surface area (TPSA) is 9.23 Å². The van der Waals surface area contributed by atoms with Crippen LogP contribution in [0.15, 0.2) is 36.4 Å². The fraction of sp³-hybridized carbons (Fsp3) is 0.333. The average Bonchev–Trinajstić information content (AvgIpc) is 2.36. The molecule has 0 aliphatic rings. The Kier molecular flexibility index (Phi) is 3.58. The van der Waals surface area contributed by atoms with Gasteiger partial charge in [-0.05, 0) is 40.5 Å². The number of ether oxygens (including phenoxy) is 1. The lowest BCUT2D eigenvalue weighted by molar-refractivity contribution is 0.415. The van der Waals surface area contributed by atoms with Crippen molar-refractivity contribution < 1.29 is 4.74 Å². The van der Waals surface area contributed by atoms with Crippen LogP contribution in [0.5, 0.6) is 5.75 Å². The second-order valence-corrected chi connectivity index (χ2v) is 5.09. The molecule has 1 nitrogen and oxygen atoms in total. The van der Waals surface area contributed by atoms with Crippen LogP contribution in [-0.4, -0.2) is 7.11 Å². The summed E-state index contributed by atoms with van der Waals surface area (Å²) >= 11 is 6.38. The SMILES string of the molecule is COc1ccc2cc(C(Cl)C(C)C)ccc2c1. The number of alkyl halides is 1. The zero-order valence-electron chi connectivity index (χ0n) is 10.4. The molecule has 0 aromatic heterocycles. The summed E-state index contributed by atoms with van der Waals surface area (Å²) in [6, 6.07) is 12.4. The zero-order valence-corrected chi connectivity index (χ0v) is 11.2. The average molecular weight is 249 g/mol. The van der Waals surface area contributed by atoms with Crippen molar-refractivity contribution in [2.75, 3.05) is 7.11 Å². The summed E-state index contributed by atoms with van der Waals surface area (Å²) in [5.74, 6) is 1.32. The molecule has 0 aliphatic heterocycles. The first-order valence-electron chi connectivity index (χ1n) is 5.83. The molecule has 0 bridgehead atoms. The zero-order chi connectivity index (χ0) is 12.4. The highest BCUT2D eigenvalue weighted by atomic mass is 35.5. The maximum atomic E-state index is 6.38. The third-order valence-corrected chi connectivity index (χ3v) is 3.73. The molecular formula is C15H17ClO. The van der Waals surface area contributed by atoms with Gasteiger partial charge in [-0.3, -0.25) is 0 Å². The number of hydrogen-bond acceptors (Lipinski definition) is 1. The first kappa shape index (κ1) is 12.3. The molecule has 17 heavy (non-hydrogen) atoms. The van der Waals surface area contributed by atoms with E-state index in [9.17, 15) is 0 Å². The van der Waals surface area contributed by atoms with Gasteiger partial charge in [0.05, 0.1) is 12.5 Å². The largest absolute Gasteiger partial charge is 0.497 e. The molecule has 0 radical (unpaired) electrons. The Morgan fingerprint density at radius 1 is 1.00 bits per heavy atom. The second-order valence-electron chi connectivity index (χ2n) is 4.62. The molecule has 1 atom stereocenters. The van der Waals surface area contributed by atoms with Crippen LogP contribution in [0.3, 0.4) is 0 Å². The van der Waals surface area contributed by atoms with E-state index in [2.05, 4.69) is 38.1 Å². The standard InChI is InChI=1S/C15H17ClO/c1-10(2)15(16)13-5-4-12-9-14(17-3)7-6-11(12)8-13/h4-10,15H,1-3H3. The molecular weight excluding hydrogens is 232 g/mol. The molecule has 1 unspecified atom stereocenters. The minimum absolute atomic E-state index is 0.0708. The number of rotatable bonds is 3. The van der Waals surface area contributed by atoms with Crippen molar-refractivity contribution in [2.45, 2.75) is 19.2 Å². The number of hydrogen-bond donors (Lipinski definition) is 0. The highest BCUT2D eigenvalue weighted by Crippen LogP contribution is 2.31. The van der Waals surface area contributed by atoms with Gasteiger partial charge in [-0.1, -0.05) is 32.0 Å². The van der Waals surface area contributed by atoms with Crippen LogP contribution in [0.4, 0.5) is 0 Å². The smallest absolute Gasteiger partial charge is 0.119 e. The van der Waals surface area contributed by atoms with E-state index in [0.717, 1.165) is 5.75 Å². The van der Waals surface area contributed by atoms with Crippen LogP contribution >= 0.6 is 11.6 Å². The first-order chi connectivity index (χ1) is 8.11. The Hall–Kier alpha value is -1.21. The van der Waals surface area contributed by atoms with Crippen LogP contribution < -0.4 is 4.74 Å². The van der Waals surface area contributed by atoms with Crippen LogP contribution in [0.2, 0.25) is 0 Å². The maximum Gasteiger partial charge on any atom is 0.119 e. The summed E-state index contributed by atoms with van der Waals surface area (Å²) in [6.45, 7) is 4.27. The Bertz CT molecular complexity index is 519. The quantitative estimate of drug-likeness (QED) is 0.710. The number of benzene rings is 2. The predicted octanol–water partition coefficient (Wildman–Crippen LogP) is 4.78. The van der Waals surface area contributed by atoms with Crippen LogP contribution in [0.1, 0.15) is 24.8 Å². The molecule has 2 aromatic rings. The van der Waals surface area contributed by atoms with Crippen molar-refractivity contribution in [1.29, 1.82) is 0 Å². The minimum atomic E-state index is 0.0708. The molecule has 0 amide bonds.